The molecule has 9 heteroatoms. The minimum atomic E-state index is -0.824. The predicted octanol–water partition coefficient (Wildman–Crippen LogP) is 1.53. The van der Waals surface area contributed by atoms with Crippen LogP contribution in [0.3, 0.4) is 0 Å². The van der Waals surface area contributed by atoms with Crippen molar-refractivity contribution >= 4 is 29.2 Å². The van der Waals surface area contributed by atoms with E-state index in [2.05, 4.69) is 15.6 Å². The predicted molar refractivity (Wildman–Crippen MR) is 110 cm³/mol. The van der Waals surface area contributed by atoms with Crippen LogP contribution in [0.1, 0.15) is 17.5 Å². The zero-order valence-corrected chi connectivity index (χ0v) is 16.9. The van der Waals surface area contributed by atoms with Gasteiger partial charge in [0.05, 0.1) is 6.10 Å². The van der Waals surface area contributed by atoms with Crippen LogP contribution in [-0.2, 0) is 22.4 Å². The first-order chi connectivity index (χ1) is 14.4. The number of hydrogen-bond acceptors (Lipinski definition) is 5. The highest BCUT2D eigenvalue weighted by atomic mass is 35.5. The van der Waals surface area contributed by atoms with Gasteiger partial charge in [-0.05, 0) is 35.7 Å². The van der Waals surface area contributed by atoms with Gasteiger partial charge in [0.25, 0.3) is 0 Å². The Kier molecular flexibility index (Phi) is 5.87. The number of hydrogen-bond donors (Lipinski definition) is 3. The number of aliphatic hydroxyl groups is 1. The SMILES string of the molecule is O=C(N[C@@H](Cc1ccc(F)cc1)C(=O)N1CC[C@H](O)C1)C1Cc2ccc(Cl)nc2N1. The molecule has 2 aliphatic rings. The topological polar surface area (TPSA) is 94.6 Å². The van der Waals surface area contributed by atoms with E-state index >= 15 is 0 Å². The number of nitrogens with zero attached hydrogens (tertiary/aromatic N) is 2. The fourth-order valence-corrected chi connectivity index (χ4v) is 3.99. The fraction of sp³-hybridized carbons (Fsp3) is 0.381. The summed E-state index contributed by atoms with van der Waals surface area (Å²) in [6, 6.07) is 7.92. The average Bonchev–Trinajstić information content (AvgIpc) is 3.34. The van der Waals surface area contributed by atoms with Gasteiger partial charge in [-0.15, -0.1) is 0 Å². The molecule has 158 valence electrons. The van der Waals surface area contributed by atoms with Gasteiger partial charge >= 0.3 is 0 Å². The van der Waals surface area contributed by atoms with Crippen LogP contribution >= 0.6 is 11.6 Å². The number of carbonyl (C=O) groups excluding carboxylic acids is 2. The number of rotatable bonds is 5. The Labute approximate surface area is 178 Å². The first kappa shape index (κ1) is 20.6. The van der Waals surface area contributed by atoms with Crippen molar-refractivity contribution < 1.29 is 19.1 Å². The molecule has 2 aliphatic heterocycles. The second kappa shape index (κ2) is 8.57. The van der Waals surface area contributed by atoms with E-state index in [-0.39, 0.29) is 30.6 Å². The lowest BCUT2D eigenvalue weighted by Crippen LogP contribution is -2.52. The number of aromatic nitrogens is 1. The van der Waals surface area contributed by atoms with Crippen LogP contribution in [0.5, 0.6) is 0 Å². The van der Waals surface area contributed by atoms with Crippen LogP contribution in [-0.4, -0.2) is 58.1 Å². The summed E-state index contributed by atoms with van der Waals surface area (Å²) < 4.78 is 13.2. The van der Waals surface area contributed by atoms with Crippen molar-refractivity contribution in [1.82, 2.24) is 15.2 Å². The number of aliphatic hydroxyl groups excluding tert-OH is 1. The van der Waals surface area contributed by atoms with Gasteiger partial charge in [0.15, 0.2) is 0 Å². The van der Waals surface area contributed by atoms with Crippen molar-refractivity contribution in [3.63, 3.8) is 0 Å². The van der Waals surface area contributed by atoms with Gasteiger partial charge in [0, 0.05) is 25.9 Å². The van der Waals surface area contributed by atoms with Crippen LogP contribution in [0.2, 0.25) is 5.15 Å². The summed E-state index contributed by atoms with van der Waals surface area (Å²) in [6.45, 7) is 0.676. The van der Waals surface area contributed by atoms with E-state index in [1.54, 1.807) is 23.1 Å². The van der Waals surface area contributed by atoms with E-state index in [0.717, 1.165) is 11.1 Å². The average molecular weight is 433 g/mol. The number of benzene rings is 1. The minimum absolute atomic E-state index is 0.223. The Hall–Kier alpha value is -2.71. The fourth-order valence-electron chi connectivity index (χ4n) is 3.84. The second-order valence-electron chi connectivity index (χ2n) is 7.66. The van der Waals surface area contributed by atoms with Gasteiger partial charge in [-0.2, -0.15) is 0 Å². The van der Waals surface area contributed by atoms with Gasteiger partial charge < -0.3 is 20.6 Å². The molecule has 2 amide bonds. The molecule has 4 rings (SSSR count). The molecule has 0 bridgehead atoms. The maximum atomic E-state index is 13.2. The summed E-state index contributed by atoms with van der Waals surface area (Å²) in [7, 11) is 0. The molecular formula is C21H22ClFN4O3. The molecule has 3 atom stereocenters. The lowest BCUT2D eigenvalue weighted by Gasteiger charge is -2.25. The van der Waals surface area contributed by atoms with E-state index in [1.807, 2.05) is 6.07 Å². The van der Waals surface area contributed by atoms with Gasteiger partial charge in [-0.1, -0.05) is 29.8 Å². The Morgan fingerprint density at radius 2 is 2.07 bits per heavy atom. The van der Waals surface area contributed by atoms with Gasteiger partial charge in [-0.25, -0.2) is 9.37 Å². The lowest BCUT2D eigenvalue weighted by atomic mass is 10.0. The molecule has 1 unspecified atom stereocenters. The first-order valence-electron chi connectivity index (χ1n) is 9.82. The third-order valence-corrected chi connectivity index (χ3v) is 5.65. The summed E-state index contributed by atoms with van der Waals surface area (Å²) in [6.07, 6.45) is 0.610. The normalized spacial score (nSPS) is 21.1. The molecule has 1 saturated heterocycles. The van der Waals surface area contributed by atoms with E-state index < -0.39 is 18.2 Å². The van der Waals surface area contributed by atoms with Gasteiger partial charge in [0.2, 0.25) is 11.8 Å². The third kappa shape index (κ3) is 4.55. The number of amides is 2. The highest BCUT2D eigenvalue weighted by Crippen LogP contribution is 2.25. The first-order valence-corrected chi connectivity index (χ1v) is 10.2. The number of β-amino-alcohol motifs (C(OH)–C–C–N with tert-alkyl or cyclic N) is 1. The summed E-state index contributed by atoms with van der Waals surface area (Å²) in [5.41, 5.74) is 1.61. The Bertz CT molecular complexity index is 956. The van der Waals surface area contributed by atoms with E-state index in [9.17, 15) is 19.1 Å². The molecule has 30 heavy (non-hydrogen) atoms. The molecule has 1 aromatic carbocycles. The zero-order chi connectivity index (χ0) is 21.3. The highest BCUT2D eigenvalue weighted by Gasteiger charge is 2.34. The Balaban J connectivity index is 1.48. The monoisotopic (exact) mass is 432 g/mol. The molecule has 3 N–H and O–H groups in total. The maximum Gasteiger partial charge on any atom is 0.245 e. The van der Waals surface area contributed by atoms with Crippen molar-refractivity contribution in [2.45, 2.75) is 37.5 Å². The van der Waals surface area contributed by atoms with E-state index in [0.29, 0.717) is 30.4 Å². The van der Waals surface area contributed by atoms with E-state index in [4.69, 9.17) is 11.6 Å². The van der Waals surface area contributed by atoms with Crippen molar-refractivity contribution in [3.8, 4) is 0 Å². The van der Waals surface area contributed by atoms with Crippen LogP contribution in [0, 0.1) is 5.82 Å². The molecule has 0 saturated carbocycles. The number of nitrogens with one attached hydrogen (secondary N) is 2. The smallest absolute Gasteiger partial charge is 0.245 e. The Morgan fingerprint density at radius 1 is 1.30 bits per heavy atom. The summed E-state index contributed by atoms with van der Waals surface area (Å²) in [5, 5.41) is 16.0. The number of anilines is 1. The zero-order valence-electron chi connectivity index (χ0n) is 16.1. The Morgan fingerprint density at radius 3 is 2.77 bits per heavy atom. The minimum Gasteiger partial charge on any atom is -0.391 e. The number of fused-ring (bicyclic) bond motifs is 1. The molecule has 7 nitrogen and oxygen atoms in total. The van der Waals surface area contributed by atoms with Crippen molar-refractivity contribution in [2.75, 3.05) is 18.4 Å². The summed E-state index contributed by atoms with van der Waals surface area (Å²) in [4.78, 5) is 31.7. The summed E-state index contributed by atoms with van der Waals surface area (Å²) in [5.74, 6) is -0.399. The molecule has 0 aliphatic carbocycles. The van der Waals surface area contributed by atoms with Crippen LogP contribution in [0.4, 0.5) is 10.2 Å². The van der Waals surface area contributed by atoms with Crippen LogP contribution < -0.4 is 10.6 Å². The number of carbonyl (C=O) groups is 2. The lowest BCUT2D eigenvalue weighted by molar-refractivity contribution is -0.136. The molecule has 1 aromatic heterocycles. The maximum absolute atomic E-state index is 13.2. The molecule has 2 aromatic rings. The van der Waals surface area contributed by atoms with Crippen molar-refractivity contribution in [1.29, 1.82) is 0 Å². The van der Waals surface area contributed by atoms with Gasteiger partial charge in [0.1, 0.15) is 28.9 Å². The number of likely N-dealkylation sites (tertiary alicyclic amines) is 1. The largest absolute Gasteiger partial charge is 0.391 e. The molecule has 3 heterocycles. The highest BCUT2D eigenvalue weighted by molar-refractivity contribution is 6.29. The van der Waals surface area contributed by atoms with Crippen molar-refractivity contribution in [3.05, 3.63) is 58.5 Å². The number of halogens is 2. The molecule has 0 spiro atoms. The standard InChI is InChI=1S/C21H22ClFN4O3/c22-18-6-3-13-10-16(24-19(13)26-18)20(29)25-17(9-12-1-4-14(23)5-2-12)21(30)27-8-7-15(28)11-27/h1-6,15-17,28H,7-11H2,(H,24,26)(H,25,29)/t15-,16?,17-/m0/s1. The van der Waals surface area contributed by atoms with Crippen LogP contribution in [0.15, 0.2) is 36.4 Å². The number of pyridine rings is 1. The molecule has 1 fully saturated rings. The van der Waals surface area contributed by atoms with Crippen molar-refractivity contribution in [2.24, 2.45) is 0 Å². The second-order valence-corrected chi connectivity index (χ2v) is 8.05. The molecule has 0 radical (unpaired) electrons. The third-order valence-electron chi connectivity index (χ3n) is 5.44. The molecular weight excluding hydrogens is 411 g/mol. The summed E-state index contributed by atoms with van der Waals surface area (Å²) >= 11 is 5.91. The van der Waals surface area contributed by atoms with E-state index in [1.165, 1.54) is 12.1 Å². The van der Waals surface area contributed by atoms with Crippen LogP contribution in [0.25, 0.3) is 0 Å². The quantitative estimate of drug-likeness (QED) is 0.623. The van der Waals surface area contributed by atoms with Gasteiger partial charge in [-0.3, -0.25) is 9.59 Å².